The van der Waals surface area contributed by atoms with Crippen LogP contribution in [0.25, 0.3) is 0 Å². The smallest absolute Gasteiger partial charge is 0.240 e. The molecular weight excluding hydrogens is 370 g/mol. The van der Waals surface area contributed by atoms with E-state index < -0.39 is 10.0 Å². The molecule has 2 heterocycles. The molecule has 8 heteroatoms. The van der Waals surface area contributed by atoms with Gasteiger partial charge in [-0.2, -0.15) is 0 Å². The molecule has 6 nitrogen and oxygen atoms in total. The Morgan fingerprint density at radius 2 is 2.27 bits per heavy atom. The number of aryl methyl sites for hydroxylation is 1. The van der Waals surface area contributed by atoms with Gasteiger partial charge in [0.2, 0.25) is 10.0 Å². The van der Waals surface area contributed by atoms with E-state index in [1.165, 1.54) is 0 Å². The van der Waals surface area contributed by atoms with Crippen LogP contribution in [-0.4, -0.2) is 39.1 Å². The van der Waals surface area contributed by atoms with Crippen LogP contribution < -0.4 is 14.4 Å². The summed E-state index contributed by atoms with van der Waals surface area (Å²) in [5.74, 6) is 0.733. The summed E-state index contributed by atoms with van der Waals surface area (Å²) >= 11 is 1.59. The normalized spacial score (nSPS) is 17.6. The highest BCUT2D eigenvalue weighted by Gasteiger charge is 2.28. The molecular formula is C18H25N3O3S2. The molecule has 1 saturated heterocycles. The second kappa shape index (κ2) is 8.37. The van der Waals surface area contributed by atoms with Gasteiger partial charge in [0, 0.05) is 30.7 Å². The first kappa shape index (κ1) is 19.1. The standard InChI is InChI=1S/C18H25N3O3S2/c1-3-10-24-17-7-6-16(12-14(17)2)26(22,23)20-13-15-5-4-9-21(15)18-19-8-11-25-18/h6-8,11-12,15,20H,3-5,9-10,13H2,1-2H3. The van der Waals surface area contributed by atoms with Crippen molar-refractivity contribution in [2.75, 3.05) is 24.6 Å². The largest absolute Gasteiger partial charge is 0.493 e. The van der Waals surface area contributed by atoms with Gasteiger partial charge in [0.25, 0.3) is 0 Å². The number of ether oxygens (including phenoxy) is 1. The Bertz CT molecular complexity index is 822. The predicted molar refractivity (Wildman–Crippen MR) is 105 cm³/mol. The third-order valence-electron chi connectivity index (χ3n) is 4.47. The molecule has 0 aliphatic carbocycles. The van der Waals surface area contributed by atoms with Gasteiger partial charge < -0.3 is 9.64 Å². The highest BCUT2D eigenvalue weighted by molar-refractivity contribution is 7.89. The minimum atomic E-state index is -3.55. The summed E-state index contributed by atoms with van der Waals surface area (Å²) in [6.45, 7) is 5.83. The second-order valence-corrected chi connectivity index (χ2v) is 9.07. The third kappa shape index (κ3) is 4.36. The van der Waals surface area contributed by atoms with Crippen molar-refractivity contribution >= 4 is 26.5 Å². The average molecular weight is 396 g/mol. The number of sulfonamides is 1. The Labute approximate surface area is 159 Å². The summed E-state index contributed by atoms with van der Waals surface area (Å²) < 4.78 is 33.7. The van der Waals surface area contributed by atoms with Crippen molar-refractivity contribution < 1.29 is 13.2 Å². The molecule has 0 amide bonds. The zero-order valence-corrected chi connectivity index (χ0v) is 16.8. The van der Waals surface area contributed by atoms with Crippen LogP contribution in [0.1, 0.15) is 31.7 Å². The molecule has 1 N–H and O–H groups in total. The number of thiazole rings is 1. The van der Waals surface area contributed by atoms with Crippen molar-refractivity contribution in [1.82, 2.24) is 9.71 Å². The molecule has 1 aromatic carbocycles. The van der Waals surface area contributed by atoms with Gasteiger partial charge in [-0.05, 0) is 49.9 Å². The molecule has 0 spiro atoms. The van der Waals surface area contributed by atoms with Crippen LogP contribution in [-0.2, 0) is 10.0 Å². The van der Waals surface area contributed by atoms with E-state index in [0.717, 1.165) is 42.3 Å². The lowest BCUT2D eigenvalue weighted by Crippen LogP contribution is -2.40. The van der Waals surface area contributed by atoms with Gasteiger partial charge in [0.15, 0.2) is 5.13 Å². The predicted octanol–water partition coefficient (Wildman–Crippen LogP) is 3.19. The first-order chi connectivity index (χ1) is 12.5. The van der Waals surface area contributed by atoms with Crippen LogP contribution in [0, 0.1) is 6.92 Å². The number of hydrogen-bond donors (Lipinski definition) is 1. The molecule has 1 aromatic heterocycles. The van der Waals surface area contributed by atoms with Gasteiger partial charge in [-0.15, -0.1) is 11.3 Å². The summed E-state index contributed by atoms with van der Waals surface area (Å²) in [7, 11) is -3.55. The highest BCUT2D eigenvalue weighted by Crippen LogP contribution is 2.27. The van der Waals surface area contributed by atoms with Crippen LogP contribution in [0.15, 0.2) is 34.7 Å². The van der Waals surface area contributed by atoms with Crippen molar-refractivity contribution in [3.8, 4) is 5.75 Å². The number of benzene rings is 1. The summed E-state index contributed by atoms with van der Waals surface area (Å²) in [6, 6.07) is 5.15. The summed E-state index contributed by atoms with van der Waals surface area (Å²) in [4.78, 5) is 6.82. The quantitative estimate of drug-likeness (QED) is 0.743. The topological polar surface area (TPSA) is 71.5 Å². The van der Waals surface area contributed by atoms with Crippen molar-refractivity contribution in [3.05, 3.63) is 35.3 Å². The van der Waals surface area contributed by atoms with Crippen molar-refractivity contribution in [2.45, 2.75) is 44.0 Å². The zero-order chi connectivity index (χ0) is 18.6. The minimum absolute atomic E-state index is 0.143. The lowest BCUT2D eigenvalue weighted by Gasteiger charge is -2.24. The van der Waals surface area contributed by atoms with E-state index in [1.54, 1.807) is 35.7 Å². The summed E-state index contributed by atoms with van der Waals surface area (Å²) in [5, 5.41) is 2.90. The zero-order valence-electron chi connectivity index (χ0n) is 15.1. The Morgan fingerprint density at radius 3 is 2.96 bits per heavy atom. The second-order valence-electron chi connectivity index (χ2n) is 6.43. The molecule has 26 heavy (non-hydrogen) atoms. The summed E-state index contributed by atoms with van der Waals surface area (Å²) in [5.41, 5.74) is 0.826. The maximum Gasteiger partial charge on any atom is 0.240 e. The van der Waals surface area contributed by atoms with E-state index in [2.05, 4.69) is 14.6 Å². The van der Waals surface area contributed by atoms with E-state index in [4.69, 9.17) is 4.74 Å². The summed E-state index contributed by atoms with van der Waals surface area (Å²) in [6.07, 6.45) is 4.71. The molecule has 1 unspecified atom stereocenters. The van der Waals surface area contributed by atoms with Gasteiger partial charge in [-0.3, -0.25) is 0 Å². The van der Waals surface area contributed by atoms with E-state index in [1.807, 2.05) is 19.2 Å². The van der Waals surface area contributed by atoms with E-state index >= 15 is 0 Å². The van der Waals surface area contributed by atoms with Crippen molar-refractivity contribution in [3.63, 3.8) is 0 Å². The molecule has 0 radical (unpaired) electrons. The SMILES string of the molecule is CCCOc1ccc(S(=O)(=O)NCC2CCCN2c2nccs2)cc1C. The first-order valence-corrected chi connectivity index (χ1v) is 11.3. The molecule has 1 atom stereocenters. The van der Waals surface area contributed by atoms with Gasteiger partial charge in [0.05, 0.1) is 11.5 Å². The van der Waals surface area contributed by atoms with Crippen molar-refractivity contribution in [1.29, 1.82) is 0 Å². The van der Waals surface area contributed by atoms with Crippen LogP contribution in [0.3, 0.4) is 0 Å². The molecule has 1 fully saturated rings. The fourth-order valence-corrected chi connectivity index (χ4v) is 5.01. The maximum atomic E-state index is 12.7. The molecule has 1 aliphatic rings. The number of aromatic nitrogens is 1. The Morgan fingerprint density at radius 1 is 1.42 bits per heavy atom. The number of nitrogens with zero attached hydrogens (tertiary/aromatic N) is 2. The van der Waals surface area contributed by atoms with E-state index in [-0.39, 0.29) is 10.9 Å². The average Bonchev–Trinajstić information content (AvgIpc) is 3.29. The lowest BCUT2D eigenvalue weighted by molar-refractivity contribution is 0.315. The van der Waals surface area contributed by atoms with Gasteiger partial charge in [-0.1, -0.05) is 6.92 Å². The van der Waals surface area contributed by atoms with Crippen LogP contribution >= 0.6 is 11.3 Å². The van der Waals surface area contributed by atoms with Gasteiger partial charge in [-0.25, -0.2) is 18.1 Å². The van der Waals surface area contributed by atoms with E-state index in [0.29, 0.717) is 13.2 Å². The molecule has 0 saturated carbocycles. The van der Waals surface area contributed by atoms with E-state index in [9.17, 15) is 8.42 Å². The molecule has 142 valence electrons. The molecule has 2 aromatic rings. The monoisotopic (exact) mass is 395 g/mol. The fraction of sp³-hybridized carbons (Fsp3) is 0.500. The third-order valence-corrected chi connectivity index (χ3v) is 6.70. The van der Waals surface area contributed by atoms with Gasteiger partial charge >= 0.3 is 0 Å². The van der Waals surface area contributed by atoms with Crippen LogP contribution in [0.2, 0.25) is 0 Å². The van der Waals surface area contributed by atoms with Crippen LogP contribution in [0.5, 0.6) is 5.75 Å². The Hall–Kier alpha value is -1.64. The number of hydrogen-bond acceptors (Lipinski definition) is 6. The Kier molecular flexibility index (Phi) is 6.16. The van der Waals surface area contributed by atoms with Crippen LogP contribution in [0.4, 0.5) is 5.13 Å². The van der Waals surface area contributed by atoms with Gasteiger partial charge in [0.1, 0.15) is 5.75 Å². The number of anilines is 1. The lowest BCUT2D eigenvalue weighted by atomic mass is 10.2. The Balaban J connectivity index is 1.66. The number of nitrogens with one attached hydrogen (secondary N) is 1. The fourth-order valence-electron chi connectivity index (χ4n) is 3.11. The highest BCUT2D eigenvalue weighted by atomic mass is 32.2. The maximum absolute atomic E-state index is 12.7. The molecule has 3 rings (SSSR count). The first-order valence-electron chi connectivity index (χ1n) is 8.90. The molecule has 0 bridgehead atoms. The van der Waals surface area contributed by atoms with Crippen molar-refractivity contribution in [2.24, 2.45) is 0 Å². The minimum Gasteiger partial charge on any atom is -0.493 e. The number of rotatable bonds is 8. The molecule has 1 aliphatic heterocycles.